The average molecular weight is 444 g/mol. The third kappa shape index (κ3) is 5.15. The number of aromatic nitrogens is 1. The number of carbonyl (C=O) groups excluding carboxylic acids is 1. The van der Waals surface area contributed by atoms with Crippen LogP contribution >= 0.6 is 34.7 Å². The number of halogens is 2. The van der Waals surface area contributed by atoms with Gasteiger partial charge in [-0.15, -0.1) is 11.8 Å². The fraction of sp³-hybridized carbons (Fsp3) is 0.389. The molecule has 0 radical (unpaired) electrons. The van der Waals surface area contributed by atoms with Crippen LogP contribution in [0, 0.1) is 5.82 Å². The monoisotopic (exact) mass is 443 g/mol. The van der Waals surface area contributed by atoms with E-state index in [0.29, 0.717) is 5.13 Å². The topological polar surface area (TPSA) is 82.5 Å². The number of anilines is 1. The average Bonchev–Trinajstić information content (AvgIpc) is 3.31. The molecule has 1 aromatic carbocycles. The summed E-state index contributed by atoms with van der Waals surface area (Å²) in [6.07, 6.45) is 4.08. The molecule has 6 nitrogen and oxygen atoms in total. The van der Waals surface area contributed by atoms with E-state index in [1.807, 2.05) is 0 Å². The second-order valence-corrected chi connectivity index (χ2v) is 9.26. The summed E-state index contributed by atoms with van der Waals surface area (Å²) in [7, 11) is 1.74. The zero-order valence-corrected chi connectivity index (χ0v) is 17.4. The lowest BCUT2D eigenvalue weighted by molar-refractivity contribution is -0.133. The molecule has 10 heteroatoms. The van der Waals surface area contributed by atoms with Crippen molar-refractivity contribution in [3.63, 3.8) is 0 Å². The Balaban J connectivity index is 1.55. The molecule has 150 valence electrons. The van der Waals surface area contributed by atoms with Crippen LogP contribution in [0.15, 0.2) is 28.6 Å². The number of carboxylic acid groups (broad SMARTS) is 1. The largest absolute Gasteiger partial charge is 0.481 e. The van der Waals surface area contributed by atoms with Crippen molar-refractivity contribution in [2.24, 2.45) is 0 Å². The molecule has 0 saturated heterocycles. The normalized spacial score (nSPS) is 18.8. The minimum atomic E-state index is -0.901. The number of urea groups is 1. The Bertz CT molecular complexity index is 880. The minimum Gasteiger partial charge on any atom is -0.481 e. The van der Waals surface area contributed by atoms with Gasteiger partial charge in [0.2, 0.25) is 0 Å². The van der Waals surface area contributed by atoms with Crippen molar-refractivity contribution >= 4 is 51.8 Å². The number of carboxylic acids is 1. The van der Waals surface area contributed by atoms with Crippen LogP contribution in [0.5, 0.6) is 0 Å². The number of aliphatic carboxylic acids is 1. The lowest BCUT2D eigenvalue weighted by Crippen LogP contribution is -2.38. The van der Waals surface area contributed by atoms with Gasteiger partial charge in [0.05, 0.1) is 21.2 Å². The Morgan fingerprint density at radius 3 is 2.96 bits per heavy atom. The summed E-state index contributed by atoms with van der Waals surface area (Å²) in [4.78, 5) is 28.9. The minimum absolute atomic E-state index is 0.0493. The molecule has 2 aromatic rings. The number of benzene rings is 1. The Morgan fingerprint density at radius 2 is 2.25 bits per heavy atom. The third-order valence-electron chi connectivity index (χ3n) is 4.72. The van der Waals surface area contributed by atoms with Crippen LogP contribution in [0.4, 0.5) is 14.3 Å². The predicted molar refractivity (Wildman–Crippen MR) is 109 cm³/mol. The fourth-order valence-electron chi connectivity index (χ4n) is 3.24. The fourth-order valence-corrected chi connectivity index (χ4v) is 5.01. The summed E-state index contributed by atoms with van der Waals surface area (Å²) in [5.41, 5.74) is 0.989. The lowest BCUT2D eigenvalue weighted by atomic mass is 9.97. The summed E-state index contributed by atoms with van der Waals surface area (Å²) in [6, 6.07) is 4.60. The summed E-state index contributed by atoms with van der Waals surface area (Å²) in [6.45, 7) is 0. The molecule has 28 heavy (non-hydrogen) atoms. The highest BCUT2D eigenvalue weighted by Gasteiger charge is 2.31. The van der Waals surface area contributed by atoms with Crippen LogP contribution in [0.2, 0.25) is 5.02 Å². The maximum Gasteiger partial charge on any atom is 0.323 e. The van der Waals surface area contributed by atoms with Gasteiger partial charge in [0.25, 0.3) is 0 Å². The molecule has 0 spiro atoms. The molecule has 0 bridgehead atoms. The van der Waals surface area contributed by atoms with Gasteiger partial charge in [-0.3, -0.25) is 10.1 Å². The quantitative estimate of drug-likeness (QED) is 0.619. The van der Waals surface area contributed by atoms with Gasteiger partial charge in [-0.1, -0.05) is 29.0 Å². The van der Waals surface area contributed by atoms with E-state index >= 15 is 0 Å². The van der Waals surface area contributed by atoms with E-state index in [9.17, 15) is 14.0 Å². The second-order valence-electron chi connectivity index (χ2n) is 6.55. The molecule has 1 heterocycles. The first-order valence-electron chi connectivity index (χ1n) is 8.62. The number of hydrogen-bond acceptors (Lipinski definition) is 5. The van der Waals surface area contributed by atoms with Crippen molar-refractivity contribution in [3.05, 3.63) is 40.8 Å². The first-order chi connectivity index (χ1) is 13.3. The highest BCUT2D eigenvalue weighted by atomic mass is 35.5. The highest BCUT2D eigenvalue weighted by molar-refractivity contribution is 8.01. The van der Waals surface area contributed by atoms with E-state index < -0.39 is 11.8 Å². The number of nitrogens with one attached hydrogen (secondary N) is 1. The third-order valence-corrected chi connectivity index (χ3v) is 7.11. The van der Waals surface area contributed by atoms with E-state index in [2.05, 4.69) is 10.3 Å². The zero-order chi connectivity index (χ0) is 20.3. The number of thioether (sulfide) groups is 1. The van der Waals surface area contributed by atoms with Crippen molar-refractivity contribution in [1.82, 2.24) is 9.88 Å². The van der Waals surface area contributed by atoms with Crippen molar-refractivity contribution in [2.75, 3.05) is 18.1 Å². The molecule has 2 amide bonds. The van der Waals surface area contributed by atoms with Crippen molar-refractivity contribution in [3.8, 4) is 0 Å². The summed E-state index contributed by atoms with van der Waals surface area (Å²) < 4.78 is 14.1. The molecule has 2 atom stereocenters. The molecule has 1 saturated carbocycles. The summed E-state index contributed by atoms with van der Waals surface area (Å²) in [5.74, 6) is -1.15. The van der Waals surface area contributed by atoms with Gasteiger partial charge in [-0.25, -0.2) is 14.2 Å². The van der Waals surface area contributed by atoms with Crippen LogP contribution in [0.1, 0.15) is 30.7 Å². The number of nitrogens with zero attached hydrogens (tertiary/aromatic N) is 2. The van der Waals surface area contributed by atoms with E-state index in [4.69, 9.17) is 16.7 Å². The number of thiazole rings is 1. The van der Waals surface area contributed by atoms with Gasteiger partial charge in [-0.2, -0.15) is 0 Å². The second kappa shape index (κ2) is 9.11. The van der Waals surface area contributed by atoms with Gasteiger partial charge in [0.15, 0.2) is 5.13 Å². The van der Waals surface area contributed by atoms with E-state index in [0.717, 1.165) is 40.8 Å². The molecule has 2 N–H and O–H groups in total. The molecule has 3 rings (SSSR count). The molecular formula is C18H19ClFN3O3S2. The van der Waals surface area contributed by atoms with Crippen LogP contribution in [0.25, 0.3) is 0 Å². The maximum absolute atomic E-state index is 13.4. The van der Waals surface area contributed by atoms with Crippen molar-refractivity contribution in [2.45, 2.75) is 35.4 Å². The first-order valence-corrected chi connectivity index (χ1v) is 10.8. The number of carbonyl (C=O) groups is 2. The number of rotatable bonds is 6. The maximum atomic E-state index is 13.4. The van der Waals surface area contributed by atoms with E-state index in [1.165, 1.54) is 17.4 Å². The SMILES string of the molecule is CN(C(=O)Nc1ncc(SCC(=O)O)s1)C1CCC(c2ccc(F)c(Cl)c2)C1. The van der Waals surface area contributed by atoms with E-state index in [-0.39, 0.29) is 28.8 Å². The Labute approximate surface area is 175 Å². The zero-order valence-electron chi connectivity index (χ0n) is 15.0. The van der Waals surface area contributed by atoms with Crippen LogP contribution < -0.4 is 5.32 Å². The van der Waals surface area contributed by atoms with Gasteiger partial charge >= 0.3 is 12.0 Å². The molecule has 1 aliphatic rings. The predicted octanol–water partition coefficient (Wildman–Crippen LogP) is 4.91. The first kappa shape index (κ1) is 20.9. The van der Waals surface area contributed by atoms with Gasteiger partial charge in [-0.05, 0) is 42.9 Å². The smallest absolute Gasteiger partial charge is 0.323 e. The molecule has 1 aromatic heterocycles. The summed E-state index contributed by atoms with van der Waals surface area (Å²) in [5, 5.41) is 12.0. The van der Waals surface area contributed by atoms with Crippen molar-refractivity contribution < 1.29 is 19.1 Å². The van der Waals surface area contributed by atoms with Crippen molar-refractivity contribution in [1.29, 1.82) is 0 Å². The molecule has 1 fully saturated rings. The van der Waals surface area contributed by atoms with Gasteiger partial charge in [0, 0.05) is 13.1 Å². The van der Waals surface area contributed by atoms with Crippen LogP contribution in [-0.2, 0) is 4.79 Å². The number of amides is 2. The lowest BCUT2D eigenvalue weighted by Gasteiger charge is -2.24. The molecule has 1 aliphatic carbocycles. The Hall–Kier alpha value is -1.84. The van der Waals surface area contributed by atoms with Crippen LogP contribution in [0.3, 0.4) is 0 Å². The molecule has 2 unspecified atom stereocenters. The molecule has 0 aliphatic heterocycles. The highest BCUT2D eigenvalue weighted by Crippen LogP contribution is 2.38. The van der Waals surface area contributed by atoms with E-state index in [1.54, 1.807) is 30.3 Å². The van der Waals surface area contributed by atoms with Gasteiger partial charge < -0.3 is 10.0 Å². The van der Waals surface area contributed by atoms with Crippen LogP contribution in [-0.4, -0.2) is 45.8 Å². The van der Waals surface area contributed by atoms with Gasteiger partial charge in [0.1, 0.15) is 5.82 Å². The Morgan fingerprint density at radius 1 is 1.46 bits per heavy atom. The number of hydrogen-bond donors (Lipinski definition) is 2. The Kier molecular flexibility index (Phi) is 6.79. The molecular weight excluding hydrogens is 425 g/mol. The summed E-state index contributed by atoms with van der Waals surface area (Å²) >= 11 is 8.29. The standard InChI is InChI=1S/C18H19ClFN3O3S2/c1-23(18(26)22-17-21-8-16(28-17)27-9-15(24)25)12-4-2-10(6-12)11-3-5-14(20)13(19)7-11/h3,5,7-8,10,12H,2,4,6,9H2,1H3,(H,24,25)(H,21,22,26).